The monoisotopic (exact) mass is 573 g/mol. The van der Waals surface area contributed by atoms with Crippen LogP contribution in [0, 0.1) is 23.2 Å². The molecule has 6 heteroatoms. The number of Topliss-reactive ketones (excluding diaryl/α,β-unsaturated/α-hetero) is 2. The Kier molecular flexibility index (Phi) is 6.20. The van der Waals surface area contributed by atoms with Crippen molar-refractivity contribution in [2.45, 2.75) is 59.3 Å². The van der Waals surface area contributed by atoms with Gasteiger partial charge in [0.05, 0.1) is 8.95 Å². The molecule has 4 nitrogen and oxygen atoms in total. The van der Waals surface area contributed by atoms with Crippen molar-refractivity contribution in [3.05, 3.63) is 49.2 Å². The van der Waals surface area contributed by atoms with E-state index in [0.29, 0.717) is 18.6 Å². The minimum absolute atomic E-state index is 0.116. The standard InChI is InChI=1S/C27H29Br2NO3/c1-7-8-33-25-16(28)9-15(10-17(25)29)22-23-18(11-26(2,3)13-20(23)31)30(6)19-12-27(4,5)14-21(32)24(19)22/h1,9-10,22H,8,11-14H2,2-6H3. The van der Waals surface area contributed by atoms with Gasteiger partial charge in [0, 0.05) is 48.3 Å². The van der Waals surface area contributed by atoms with Crippen molar-refractivity contribution < 1.29 is 14.3 Å². The molecule has 0 amide bonds. The zero-order valence-electron chi connectivity index (χ0n) is 19.8. The summed E-state index contributed by atoms with van der Waals surface area (Å²) < 4.78 is 7.16. The predicted octanol–water partition coefficient (Wildman–Crippen LogP) is 6.54. The van der Waals surface area contributed by atoms with Gasteiger partial charge in [-0.3, -0.25) is 9.59 Å². The van der Waals surface area contributed by atoms with Gasteiger partial charge in [-0.1, -0.05) is 33.6 Å². The van der Waals surface area contributed by atoms with Gasteiger partial charge in [-0.05, 0) is 73.2 Å². The molecule has 0 N–H and O–H groups in total. The summed E-state index contributed by atoms with van der Waals surface area (Å²) >= 11 is 7.23. The Bertz CT molecular complexity index is 1090. The van der Waals surface area contributed by atoms with Gasteiger partial charge < -0.3 is 9.64 Å². The molecule has 4 rings (SSSR count). The second kappa shape index (κ2) is 8.43. The van der Waals surface area contributed by atoms with Crippen LogP contribution in [0.1, 0.15) is 64.9 Å². The molecule has 0 bridgehead atoms. The van der Waals surface area contributed by atoms with Crippen LogP contribution in [0.15, 0.2) is 43.6 Å². The quantitative estimate of drug-likeness (QED) is 0.385. The molecule has 1 aromatic carbocycles. The van der Waals surface area contributed by atoms with E-state index in [9.17, 15) is 9.59 Å². The summed E-state index contributed by atoms with van der Waals surface area (Å²) in [7, 11) is 2.02. The SMILES string of the molecule is C#CCOc1c(Br)cc(C2C3=C(CC(C)(C)CC3=O)N(C)C3=C2C(=O)CC(C)(C)C3)cc1Br. The van der Waals surface area contributed by atoms with E-state index >= 15 is 0 Å². The number of carbonyl (C=O) groups is 2. The molecule has 1 aliphatic heterocycles. The molecule has 2 aliphatic carbocycles. The molecule has 174 valence electrons. The number of carbonyl (C=O) groups excluding carboxylic acids is 2. The fraction of sp³-hybridized carbons (Fsp3) is 0.481. The molecule has 0 spiro atoms. The lowest BCUT2D eigenvalue weighted by Gasteiger charge is -2.48. The number of halogens is 2. The number of hydrogen-bond donors (Lipinski definition) is 0. The summed E-state index contributed by atoms with van der Waals surface area (Å²) in [5.74, 6) is 2.96. The van der Waals surface area contributed by atoms with E-state index in [-0.39, 0.29) is 34.9 Å². The largest absolute Gasteiger partial charge is 0.479 e. The number of hydrogen-bond acceptors (Lipinski definition) is 4. The van der Waals surface area contributed by atoms with Gasteiger partial charge in [-0.25, -0.2) is 0 Å². The van der Waals surface area contributed by atoms with E-state index in [1.54, 1.807) is 0 Å². The number of allylic oxidation sites excluding steroid dienone is 4. The molecule has 0 radical (unpaired) electrons. The van der Waals surface area contributed by atoms with Crippen molar-refractivity contribution in [1.29, 1.82) is 0 Å². The molecule has 0 saturated heterocycles. The highest BCUT2D eigenvalue weighted by molar-refractivity contribution is 9.11. The zero-order chi connectivity index (χ0) is 24.3. The minimum atomic E-state index is -0.382. The fourth-order valence-electron chi connectivity index (χ4n) is 5.50. The molecule has 0 saturated carbocycles. The topological polar surface area (TPSA) is 46.6 Å². The molecule has 0 fully saturated rings. The van der Waals surface area contributed by atoms with Crippen molar-refractivity contribution in [2.24, 2.45) is 10.8 Å². The molecule has 3 aliphatic rings. The van der Waals surface area contributed by atoms with E-state index in [4.69, 9.17) is 11.2 Å². The van der Waals surface area contributed by atoms with Crippen molar-refractivity contribution in [3.8, 4) is 18.1 Å². The molecule has 0 atom stereocenters. The smallest absolute Gasteiger partial charge is 0.162 e. The number of rotatable bonds is 3. The minimum Gasteiger partial charge on any atom is -0.479 e. The highest BCUT2D eigenvalue weighted by Crippen LogP contribution is 2.54. The summed E-state index contributed by atoms with van der Waals surface area (Å²) in [5, 5.41) is 0. The third-order valence-electron chi connectivity index (χ3n) is 6.83. The second-order valence-corrected chi connectivity index (χ2v) is 12.6. The normalized spacial score (nSPS) is 22.2. The Labute approximate surface area is 213 Å². The lowest BCUT2D eigenvalue weighted by Crippen LogP contribution is -2.43. The van der Waals surface area contributed by atoms with Crippen LogP contribution in [0.25, 0.3) is 0 Å². The Balaban J connectivity index is 1.94. The van der Waals surface area contributed by atoms with Crippen LogP contribution in [0.4, 0.5) is 0 Å². The molecule has 33 heavy (non-hydrogen) atoms. The van der Waals surface area contributed by atoms with Crippen LogP contribution < -0.4 is 4.74 Å². The van der Waals surface area contributed by atoms with Gasteiger partial charge in [0.1, 0.15) is 12.4 Å². The van der Waals surface area contributed by atoms with Crippen LogP contribution >= 0.6 is 31.9 Å². The van der Waals surface area contributed by atoms with Gasteiger partial charge in [0.15, 0.2) is 11.6 Å². The number of ketones is 2. The van der Waals surface area contributed by atoms with E-state index in [2.05, 4.69) is 70.4 Å². The zero-order valence-corrected chi connectivity index (χ0v) is 22.9. The van der Waals surface area contributed by atoms with Crippen LogP contribution in [-0.4, -0.2) is 30.1 Å². The number of nitrogens with zero attached hydrogens (tertiary/aromatic N) is 1. The van der Waals surface area contributed by atoms with Crippen molar-refractivity contribution >= 4 is 43.4 Å². The molecule has 1 aromatic rings. The first-order valence-electron chi connectivity index (χ1n) is 11.2. The van der Waals surface area contributed by atoms with Crippen molar-refractivity contribution in [3.63, 3.8) is 0 Å². The lowest BCUT2D eigenvalue weighted by molar-refractivity contribution is -0.119. The molecule has 0 aromatic heterocycles. The van der Waals surface area contributed by atoms with E-state index in [0.717, 1.165) is 49.9 Å². The maximum atomic E-state index is 13.6. The van der Waals surface area contributed by atoms with E-state index < -0.39 is 0 Å². The summed E-state index contributed by atoms with van der Waals surface area (Å²) in [6, 6.07) is 3.92. The van der Waals surface area contributed by atoms with Gasteiger partial charge in [0.25, 0.3) is 0 Å². The molecular formula is C27H29Br2NO3. The third kappa shape index (κ3) is 4.35. The number of ether oxygens (including phenoxy) is 1. The first-order valence-corrected chi connectivity index (χ1v) is 12.8. The van der Waals surface area contributed by atoms with Gasteiger partial charge in [0.2, 0.25) is 0 Å². The molecule has 1 heterocycles. The maximum absolute atomic E-state index is 13.6. The van der Waals surface area contributed by atoms with Crippen LogP contribution in [0.2, 0.25) is 0 Å². The molecule has 0 unspecified atom stereocenters. The number of benzene rings is 1. The number of terminal acetylenes is 1. The van der Waals surface area contributed by atoms with Gasteiger partial charge in [-0.15, -0.1) is 6.42 Å². The Morgan fingerprint density at radius 1 is 0.970 bits per heavy atom. The van der Waals surface area contributed by atoms with Crippen LogP contribution in [0.3, 0.4) is 0 Å². The Hall–Kier alpha value is -1.84. The van der Waals surface area contributed by atoms with Gasteiger partial charge >= 0.3 is 0 Å². The van der Waals surface area contributed by atoms with Crippen LogP contribution in [0.5, 0.6) is 5.75 Å². The average molecular weight is 575 g/mol. The average Bonchev–Trinajstić information content (AvgIpc) is 2.67. The second-order valence-electron chi connectivity index (χ2n) is 10.9. The predicted molar refractivity (Wildman–Crippen MR) is 137 cm³/mol. The Morgan fingerprint density at radius 2 is 1.42 bits per heavy atom. The molecular weight excluding hydrogens is 546 g/mol. The van der Waals surface area contributed by atoms with Crippen molar-refractivity contribution in [1.82, 2.24) is 4.90 Å². The maximum Gasteiger partial charge on any atom is 0.162 e. The summed E-state index contributed by atoms with van der Waals surface area (Å²) in [6.45, 7) is 8.71. The van der Waals surface area contributed by atoms with E-state index in [1.165, 1.54) is 0 Å². The third-order valence-corrected chi connectivity index (χ3v) is 8.01. The summed E-state index contributed by atoms with van der Waals surface area (Å²) in [5.41, 5.74) is 4.29. The van der Waals surface area contributed by atoms with Gasteiger partial charge in [-0.2, -0.15) is 0 Å². The van der Waals surface area contributed by atoms with E-state index in [1.807, 2.05) is 19.2 Å². The fourth-order valence-corrected chi connectivity index (χ4v) is 6.95. The Morgan fingerprint density at radius 3 is 1.85 bits per heavy atom. The summed E-state index contributed by atoms with van der Waals surface area (Å²) in [6.07, 6.45) is 7.92. The summed E-state index contributed by atoms with van der Waals surface area (Å²) in [4.78, 5) is 29.3. The van der Waals surface area contributed by atoms with Crippen molar-refractivity contribution in [2.75, 3.05) is 13.7 Å². The highest BCUT2D eigenvalue weighted by atomic mass is 79.9. The first kappa shape index (κ1) is 24.3. The van der Waals surface area contributed by atoms with Crippen LogP contribution in [-0.2, 0) is 9.59 Å². The first-order chi connectivity index (χ1) is 15.3. The highest BCUT2D eigenvalue weighted by Gasteiger charge is 2.48. The lowest BCUT2D eigenvalue weighted by atomic mass is 9.64.